The quantitative estimate of drug-likeness (QED) is 0.439. The van der Waals surface area contributed by atoms with Crippen LogP contribution < -0.4 is 9.47 Å². The van der Waals surface area contributed by atoms with Crippen LogP contribution in [0, 0.1) is 11.8 Å². The molecule has 0 saturated heterocycles. The molecule has 0 aliphatic heterocycles. The van der Waals surface area contributed by atoms with E-state index in [2.05, 4.69) is 46.8 Å². The van der Waals surface area contributed by atoms with Gasteiger partial charge in [0, 0.05) is 0 Å². The van der Waals surface area contributed by atoms with Crippen molar-refractivity contribution in [1.82, 2.24) is 0 Å². The maximum atomic E-state index is 9.62. The van der Waals surface area contributed by atoms with Crippen molar-refractivity contribution in [3.05, 3.63) is 59.2 Å². The van der Waals surface area contributed by atoms with E-state index < -0.39 is 0 Å². The van der Waals surface area contributed by atoms with Gasteiger partial charge < -0.3 is 16.0 Å². The van der Waals surface area contributed by atoms with Gasteiger partial charge in [-0.2, -0.15) is 0 Å². The second-order valence-corrected chi connectivity index (χ2v) is 10.2. The van der Waals surface area contributed by atoms with Crippen LogP contribution in [0.2, 0.25) is 10.6 Å². The summed E-state index contributed by atoms with van der Waals surface area (Å²) in [6, 6.07) is 14.2. The summed E-state index contributed by atoms with van der Waals surface area (Å²) in [4.78, 5) is 0. The van der Waals surface area contributed by atoms with Gasteiger partial charge in [-0.1, -0.05) is 37.3 Å². The molecule has 4 heteroatoms. The van der Waals surface area contributed by atoms with Gasteiger partial charge in [-0.3, -0.25) is 0 Å². The molecule has 0 amide bonds. The minimum atomic E-state index is -0.00514. The van der Waals surface area contributed by atoms with Crippen LogP contribution in [0.15, 0.2) is 42.5 Å². The summed E-state index contributed by atoms with van der Waals surface area (Å²) in [5.41, 5.74) is 3.26. The number of benzene rings is 2. The molecule has 2 aromatic rings. The van der Waals surface area contributed by atoms with Crippen molar-refractivity contribution in [2.24, 2.45) is 11.8 Å². The summed E-state index contributed by atoms with van der Waals surface area (Å²) in [7, 11) is 3.23. The Morgan fingerprint density at radius 1 is 0.867 bits per heavy atom. The van der Waals surface area contributed by atoms with Gasteiger partial charge in [0.15, 0.2) is 11.5 Å². The summed E-state index contributed by atoms with van der Waals surface area (Å²) >= 11 is 0.755. The summed E-state index contributed by atoms with van der Waals surface area (Å²) in [5.74, 6) is 3.49. The molecule has 0 aromatic heterocycles. The molecule has 0 aliphatic rings. The van der Waals surface area contributed by atoms with Gasteiger partial charge in [-0.15, -0.1) is 0 Å². The summed E-state index contributed by atoms with van der Waals surface area (Å²) in [6.45, 7) is 11.4. The molecular formula is C26H41AlO3. The number of ether oxygens (including phenoxy) is 2. The standard InChI is InChI=1S/C18H22O3.2C4H9.Al.H/c1-13(9-14-7-5-4-6-8-14)16-11-18(21-3)17(20-2)10-15(16)12-19;2*1-4(2)3;;/h4-8,10-11,13,19H,9,12H2,1-3H3;2*4H,1H2,2-3H3;;/q;;;+1;-1. The monoisotopic (exact) mass is 428 g/mol. The van der Waals surface area contributed by atoms with Crippen molar-refractivity contribution in [3.8, 4) is 11.5 Å². The first-order chi connectivity index (χ1) is 14.3. The van der Waals surface area contributed by atoms with Crippen LogP contribution in [0.4, 0.5) is 0 Å². The number of hydrogen-bond donors (Lipinski definition) is 1. The summed E-state index contributed by atoms with van der Waals surface area (Å²) in [6.07, 6.45) is 0.920. The topological polar surface area (TPSA) is 38.7 Å². The zero-order chi connectivity index (χ0) is 22.5. The van der Waals surface area contributed by atoms with Crippen molar-refractivity contribution in [2.75, 3.05) is 14.2 Å². The van der Waals surface area contributed by atoms with E-state index in [0.717, 1.165) is 44.6 Å². The number of hydrogen-bond acceptors (Lipinski definition) is 3. The molecule has 0 heterocycles. The van der Waals surface area contributed by atoms with Crippen molar-refractivity contribution in [2.45, 2.75) is 64.1 Å². The molecule has 0 fully saturated rings. The largest absolute Gasteiger partial charge is 1.00 e. The second kappa shape index (κ2) is 14.5. The maximum absolute atomic E-state index is 9.62. The van der Waals surface area contributed by atoms with Crippen LogP contribution >= 0.6 is 0 Å². The number of aliphatic hydroxyl groups excluding tert-OH is 1. The van der Waals surface area contributed by atoms with Crippen LogP contribution in [0.3, 0.4) is 0 Å². The first kappa shape index (κ1) is 26.6. The molecule has 0 aliphatic carbocycles. The second-order valence-electron chi connectivity index (χ2n) is 8.70. The van der Waals surface area contributed by atoms with Gasteiger partial charge in [0.05, 0.1) is 20.8 Å². The Bertz CT molecular complexity index is 712. The van der Waals surface area contributed by atoms with Crippen LogP contribution in [-0.4, -0.2) is 34.5 Å². The van der Waals surface area contributed by atoms with E-state index in [1.807, 2.05) is 30.3 Å². The molecule has 1 N–H and O–H groups in total. The Labute approximate surface area is 192 Å². The Balaban J connectivity index is 0.000000769. The van der Waals surface area contributed by atoms with E-state index >= 15 is 0 Å². The fraction of sp³-hybridized carbons (Fsp3) is 0.538. The van der Waals surface area contributed by atoms with E-state index in [9.17, 15) is 5.11 Å². The van der Waals surface area contributed by atoms with Crippen molar-refractivity contribution in [3.63, 3.8) is 0 Å². The predicted molar refractivity (Wildman–Crippen MR) is 130 cm³/mol. The Hall–Kier alpha value is -1.47. The molecule has 1 atom stereocenters. The molecular weight excluding hydrogens is 387 g/mol. The smallest absolute Gasteiger partial charge is 0.161 e. The van der Waals surface area contributed by atoms with Gasteiger partial charge >= 0.3 is 65.3 Å². The molecule has 1 unspecified atom stereocenters. The van der Waals surface area contributed by atoms with Crippen LogP contribution in [-0.2, 0) is 13.0 Å². The number of rotatable bonds is 10. The fourth-order valence-corrected chi connectivity index (χ4v) is 4.90. The normalized spacial score (nSPS) is 11.5. The molecule has 0 bridgehead atoms. The molecule has 0 saturated carbocycles. The molecule has 2 rings (SSSR count). The van der Waals surface area contributed by atoms with Crippen molar-refractivity contribution >= 4 is 15.2 Å². The third-order valence-electron chi connectivity index (χ3n) is 5.01. The fourth-order valence-electron chi connectivity index (χ4n) is 3.37. The Morgan fingerprint density at radius 3 is 1.87 bits per heavy atom. The zero-order valence-electron chi connectivity index (χ0n) is 20.9. The molecule has 3 nitrogen and oxygen atoms in total. The van der Waals surface area contributed by atoms with Crippen LogP contribution in [0.25, 0.3) is 0 Å². The molecule has 0 radical (unpaired) electrons. The predicted octanol–water partition coefficient (Wildman–Crippen LogP) is 6.49. The molecule has 2 aromatic carbocycles. The van der Waals surface area contributed by atoms with Gasteiger partial charge in [0.2, 0.25) is 0 Å². The van der Waals surface area contributed by atoms with Gasteiger partial charge in [0.1, 0.15) is 0 Å². The Morgan fingerprint density at radius 2 is 1.40 bits per heavy atom. The average Bonchev–Trinajstić information content (AvgIpc) is 2.73. The minimum absolute atomic E-state index is 0. The van der Waals surface area contributed by atoms with E-state index in [4.69, 9.17) is 9.47 Å². The maximum Gasteiger partial charge on any atom is 0.161 e. The van der Waals surface area contributed by atoms with Crippen molar-refractivity contribution < 1.29 is 16.0 Å². The SMILES string of the molecule is CC(C)[CH2][Al+][CH2]C(C)C.COc1cc(CO)c(C(C)Cc2ccccc2)cc1OC.[H-]. The van der Waals surface area contributed by atoms with Crippen LogP contribution in [0.5, 0.6) is 11.5 Å². The number of methoxy groups -OCH3 is 2. The van der Waals surface area contributed by atoms with Gasteiger partial charge in [0.25, 0.3) is 0 Å². The molecule has 30 heavy (non-hydrogen) atoms. The third-order valence-corrected chi connectivity index (χ3v) is 7.56. The first-order valence-electron chi connectivity index (χ1n) is 11.0. The van der Waals surface area contributed by atoms with Crippen molar-refractivity contribution in [1.29, 1.82) is 0 Å². The van der Waals surface area contributed by atoms with Crippen LogP contribution in [0.1, 0.15) is 58.7 Å². The van der Waals surface area contributed by atoms with E-state index in [1.165, 1.54) is 16.1 Å². The average molecular weight is 429 g/mol. The summed E-state index contributed by atoms with van der Waals surface area (Å²) < 4.78 is 10.7. The van der Waals surface area contributed by atoms with E-state index in [-0.39, 0.29) is 14.0 Å². The Kier molecular flexibility index (Phi) is 12.9. The molecule has 166 valence electrons. The summed E-state index contributed by atoms with van der Waals surface area (Å²) in [5, 5.41) is 12.6. The third kappa shape index (κ3) is 9.56. The van der Waals surface area contributed by atoms with E-state index in [0.29, 0.717) is 11.5 Å². The first-order valence-corrected chi connectivity index (χ1v) is 12.7. The zero-order valence-corrected chi connectivity index (χ0v) is 21.1. The molecule has 0 spiro atoms. The van der Waals surface area contributed by atoms with E-state index in [1.54, 1.807) is 14.2 Å². The minimum Gasteiger partial charge on any atom is -1.00 e. The van der Waals surface area contributed by atoms with Gasteiger partial charge in [-0.05, 0) is 41.2 Å². The number of aliphatic hydroxyl groups is 1. The van der Waals surface area contributed by atoms with Gasteiger partial charge in [-0.25, -0.2) is 0 Å².